The molecule has 0 aliphatic carbocycles. The number of aromatic amines is 1. The summed E-state index contributed by atoms with van der Waals surface area (Å²) >= 11 is 0. The number of ether oxygens (including phenoxy) is 2. The van der Waals surface area contributed by atoms with Crippen molar-refractivity contribution >= 4 is 16.8 Å². The van der Waals surface area contributed by atoms with Gasteiger partial charge in [-0.2, -0.15) is 5.10 Å². The summed E-state index contributed by atoms with van der Waals surface area (Å²) in [6.45, 7) is 4.11. The quantitative estimate of drug-likeness (QED) is 0.505. The largest absolute Gasteiger partial charge is 0.437 e. The highest BCUT2D eigenvalue weighted by atomic mass is 16.5. The van der Waals surface area contributed by atoms with E-state index in [0.29, 0.717) is 37.6 Å². The zero-order valence-electron chi connectivity index (χ0n) is 18.4. The molecule has 0 radical (unpaired) electrons. The van der Waals surface area contributed by atoms with Gasteiger partial charge in [-0.3, -0.25) is 14.9 Å². The van der Waals surface area contributed by atoms with Crippen LogP contribution in [0.5, 0.6) is 11.6 Å². The van der Waals surface area contributed by atoms with E-state index >= 15 is 0 Å². The number of H-pyrrole nitrogens is 1. The minimum absolute atomic E-state index is 0.116. The molecular weight excluding hydrogens is 418 g/mol. The summed E-state index contributed by atoms with van der Waals surface area (Å²) in [4.78, 5) is 23.9. The first kappa shape index (κ1) is 21.1. The molecule has 1 aliphatic rings. The van der Waals surface area contributed by atoms with Gasteiger partial charge in [0.15, 0.2) is 0 Å². The van der Waals surface area contributed by atoms with Gasteiger partial charge in [-0.25, -0.2) is 4.98 Å². The Labute approximate surface area is 191 Å². The molecule has 1 amide bonds. The number of hydrogen-bond donors (Lipinski definition) is 1. The molecule has 4 heterocycles. The summed E-state index contributed by atoms with van der Waals surface area (Å²) < 4.78 is 11.8. The van der Waals surface area contributed by atoms with Crippen LogP contribution in [-0.4, -0.2) is 57.3 Å². The van der Waals surface area contributed by atoms with Crippen LogP contribution >= 0.6 is 0 Å². The minimum atomic E-state index is -0.116. The molecule has 0 bridgehead atoms. The molecule has 1 fully saturated rings. The topological polar surface area (TPSA) is 93.2 Å². The van der Waals surface area contributed by atoms with E-state index < -0.39 is 0 Å². The highest BCUT2D eigenvalue weighted by Gasteiger charge is 2.26. The molecule has 1 aromatic carbocycles. The summed E-state index contributed by atoms with van der Waals surface area (Å²) in [6, 6.07) is 13.3. The lowest BCUT2D eigenvalue weighted by atomic mass is 9.97. The number of nitrogens with one attached hydrogen (secondary N) is 1. The Balaban J connectivity index is 1.35. The van der Waals surface area contributed by atoms with Gasteiger partial charge in [0.1, 0.15) is 11.3 Å². The maximum Gasteiger partial charge on any atom is 0.259 e. The predicted molar refractivity (Wildman–Crippen MR) is 123 cm³/mol. The zero-order valence-corrected chi connectivity index (χ0v) is 18.4. The molecule has 3 aromatic heterocycles. The number of rotatable bonds is 5. The predicted octanol–water partition coefficient (Wildman–Crippen LogP) is 3.78. The Bertz CT molecular complexity index is 1250. The van der Waals surface area contributed by atoms with Crippen molar-refractivity contribution < 1.29 is 14.3 Å². The molecule has 1 unspecified atom stereocenters. The second-order valence-electron chi connectivity index (χ2n) is 8.24. The van der Waals surface area contributed by atoms with Crippen LogP contribution in [0.2, 0.25) is 0 Å². The summed E-state index contributed by atoms with van der Waals surface area (Å²) in [6.07, 6.45) is 5.90. The van der Waals surface area contributed by atoms with Gasteiger partial charge < -0.3 is 14.4 Å². The van der Waals surface area contributed by atoms with E-state index in [1.165, 1.54) is 5.56 Å². The Morgan fingerprint density at radius 3 is 3.00 bits per heavy atom. The third-order valence-electron chi connectivity index (χ3n) is 5.81. The van der Waals surface area contributed by atoms with Crippen LogP contribution in [0.4, 0.5) is 0 Å². The second-order valence-corrected chi connectivity index (χ2v) is 8.24. The molecule has 4 aromatic rings. The number of carbonyl (C=O) groups is 1. The van der Waals surface area contributed by atoms with E-state index in [1.54, 1.807) is 24.5 Å². The molecule has 1 aliphatic heterocycles. The summed E-state index contributed by atoms with van der Waals surface area (Å²) in [5.41, 5.74) is 3.52. The number of amides is 1. The van der Waals surface area contributed by atoms with Gasteiger partial charge in [0.2, 0.25) is 5.88 Å². The number of carbonyl (C=O) groups excluding carboxylic acids is 1. The van der Waals surface area contributed by atoms with Gasteiger partial charge >= 0.3 is 0 Å². The van der Waals surface area contributed by atoms with Crippen LogP contribution < -0.4 is 4.74 Å². The van der Waals surface area contributed by atoms with Gasteiger partial charge in [-0.15, -0.1) is 0 Å². The lowest BCUT2D eigenvalue weighted by molar-refractivity contribution is 0.0734. The first-order valence-corrected chi connectivity index (χ1v) is 11.0. The second kappa shape index (κ2) is 9.38. The van der Waals surface area contributed by atoms with E-state index in [1.807, 2.05) is 42.3 Å². The van der Waals surface area contributed by atoms with Gasteiger partial charge in [-0.1, -0.05) is 12.1 Å². The fraction of sp³-hybridized carbons (Fsp3) is 0.280. The lowest BCUT2D eigenvalue weighted by Crippen LogP contribution is -2.36. The highest BCUT2D eigenvalue weighted by Crippen LogP contribution is 2.26. The fourth-order valence-corrected chi connectivity index (χ4v) is 4.14. The highest BCUT2D eigenvalue weighted by molar-refractivity contribution is 5.96. The van der Waals surface area contributed by atoms with Crippen LogP contribution in [0, 0.1) is 12.8 Å². The van der Waals surface area contributed by atoms with E-state index in [4.69, 9.17) is 9.47 Å². The number of aromatic nitrogens is 4. The normalized spacial score (nSPS) is 16.5. The van der Waals surface area contributed by atoms with Crippen LogP contribution in [0.1, 0.15) is 21.6 Å². The Hall–Kier alpha value is -3.78. The molecule has 1 saturated heterocycles. The molecule has 0 saturated carbocycles. The summed E-state index contributed by atoms with van der Waals surface area (Å²) in [5.74, 6) is 0.867. The van der Waals surface area contributed by atoms with E-state index in [9.17, 15) is 4.79 Å². The minimum Gasteiger partial charge on any atom is -0.437 e. The maximum atomic E-state index is 13.5. The lowest BCUT2D eigenvalue weighted by Gasteiger charge is -2.24. The molecule has 1 N–H and O–H groups in total. The van der Waals surface area contributed by atoms with Crippen LogP contribution in [0.25, 0.3) is 10.9 Å². The average molecular weight is 444 g/mol. The molecule has 168 valence electrons. The molecule has 8 nitrogen and oxygen atoms in total. The van der Waals surface area contributed by atoms with Crippen molar-refractivity contribution in [3.8, 4) is 11.6 Å². The van der Waals surface area contributed by atoms with Crippen molar-refractivity contribution in [1.29, 1.82) is 0 Å². The van der Waals surface area contributed by atoms with Gasteiger partial charge in [0, 0.05) is 36.3 Å². The molecule has 0 spiro atoms. The van der Waals surface area contributed by atoms with Gasteiger partial charge in [0.25, 0.3) is 5.91 Å². The summed E-state index contributed by atoms with van der Waals surface area (Å²) in [5, 5.41) is 8.28. The molecule has 33 heavy (non-hydrogen) atoms. The SMILES string of the molecule is Cc1ccc(Oc2ncccc2C(=O)N2CCOCC(Cc3cccc4[nH]ncc34)C2)cn1. The Morgan fingerprint density at radius 1 is 1.18 bits per heavy atom. The zero-order chi connectivity index (χ0) is 22.6. The Morgan fingerprint density at radius 2 is 2.12 bits per heavy atom. The number of pyridine rings is 2. The van der Waals surface area contributed by atoms with Gasteiger partial charge in [-0.05, 0) is 49.2 Å². The third-order valence-corrected chi connectivity index (χ3v) is 5.81. The first-order valence-electron chi connectivity index (χ1n) is 11.0. The number of hydrogen-bond acceptors (Lipinski definition) is 6. The van der Waals surface area contributed by atoms with E-state index in [2.05, 4.69) is 26.2 Å². The molecule has 8 heteroatoms. The number of benzene rings is 1. The maximum absolute atomic E-state index is 13.5. The van der Waals surface area contributed by atoms with Crippen LogP contribution in [0.3, 0.4) is 0 Å². The molecule has 5 rings (SSSR count). The monoisotopic (exact) mass is 443 g/mol. The average Bonchev–Trinajstić information content (AvgIpc) is 3.20. The van der Waals surface area contributed by atoms with E-state index in [-0.39, 0.29) is 17.7 Å². The Kier molecular flexibility index (Phi) is 5.99. The van der Waals surface area contributed by atoms with Crippen molar-refractivity contribution in [3.63, 3.8) is 0 Å². The van der Waals surface area contributed by atoms with Crippen LogP contribution in [0.15, 0.2) is 61.1 Å². The smallest absolute Gasteiger partial charge is 0.259 e. The number of fused-ring (bicyclic) bond motifs is 1. The number of nitrogens with zero attached hydrogens (tertiary/aromatic N) is 4. The molecule has 1 atom stereocenters. The van der Waals surface area contributed by atoms with E-state index in [0.717, 1.165) is 23.0 Å². The standard InChI is InChI=1S/C25H25N5O3/c1-17-7-8-20(13-27-17)33-24-21(5-3-9-26-24)25(31)30-10-11-32-16-18(15-30)12-19-4-2-6-23-22(19)14-28-29-23/h2-9,13-14,18H,10-12,15-16H2,1H3,(H,28,29). The van der Waals surface area contributed by atoms with Crippen molar-refractivity contribution in [1.82, 2.24) is 25.1 Å². The number of aryl methyl sites for hydroxylation is 1. The van der Waals surface area contributed by atoms with Gasteiger partial charge in [0.05, 0.1) is 31.1 Å². The van der Waals surface area contributed by atoms with Crippen molar-refractivity contribution in [3.05, 3.63) is 77.9 Å². The molecular formula is C25H25N5O3. The van der Waals surface area contributed by atoms with Crippen molar-refractivity contribution in [2.24, 2.45) is 5.92 Å². The van der Waals surface area contributed by atoms with Crippen LogP contribution in [-0.2, 0) is 11.2 Å². The third kappa shape index (κ3) is 4.70. The van der Waals surface area contributed by atoms with Crippen molar-refractivity contribution in [2.45, 2.75) is 13.3 Å². The first-order chi connectivity index (χ1) is 16.2. The van der Waals surface area contributed by atoms with Crippen molar-refractivity contribution in [2.75, 3.05) is 26.3 Å². The summed E-state index contributed by atoms with van der Waals surface area (Å²) in [7, 11) is 0. The fourth-order valence-electron chi connectivity index (χ4n) is 4.14.